The normalized spacial score (nSPS) is 12.8. The summed E-state index contributed by atoms with van der Waals surface area (Å²) in [6.07, 6.45) is 2.56. The van der Waals surface area contributed by atoms with Crippen LogP contribution in [0, 0.1) is 0 Å². The second kappa shape index (κ2) is 23.2. The van der Waals surface area contributed by atoms with Crippen LogP contribution in [0.1, 0.15) is 12.8 Å². The summed E-state index contributed by atoms with van der Waals surface area (Å²) < 4.78 is 4.94. The van der Waals surface area contributed by atoms with Gasteiger partial charge in [0.05, 0.1) is 0 Å². The maximum atomic E-state index is 8.00. The van der Waals surface area contributed by atoms with Gasteiger partial charge in [0.1, 0.15) is 13.6 Å². The number of hydrogen-bond donors (Lipinski definition) is 0. The second-order valence-corrected chi connectivity index (χ2v) is 1.32. The van der Waals surface area contributed by atoms with Crippen molar-refractivity contribution < 1.29 is 31.4 Å². The molecule has 0 aromatic carbocycles. The van der Waals surface area contributed by atoms with Crippen molar-refractivity contribution in [3.63, 3.8) is 0 Å². The van der Waals surface area contributed by atoms with Gasteiger partial charge in [0.15, 0.2) is 0 Å². The van der Waals surface area contributed by atoms with Gasteiger partial charge in [-0.25, -0.2) is 0 Å². The molecular formula is C6H12MnO3. The molecule has 1 saturated heterocycles. The van der Waals surface area contributed by atoms with Gasteiger partial charge >= 0.3 is 0 Å². The molecular weight excluding hydrogens is 175 g/mol. The predicted octanol–water partition coefficient (Wildman–Crippen LogP) is 0.425. The Hall–Kier alpha value is -0.181. The largest absolute Gasteiger partial charge is 0.381 e. The van der Waals surface area contributed by atoms with Crippen molar-refractivity contribution in [1.82, 2.24) is 0 Å². The summed E-state index contributed by atoms with van der Waals surface area (Å²) in [5, 5.41) is 0. The molecule has 0 bridgehead atoms. The van der Waals surface area contributed by atoms with Crippen LogP contribution in [-0.4, -0.2) is 26.8 Å². The molecule has 0 aromatic rings. The molecule has 1 heterocycles. The van der Waals surface area contributed by atoms with E-state index in [0.717, 1.165) is 13.2 Å². The summed E-state index contributed by atoms with van der Waals surface area (Å²) >= 11 is 0. The van der Waals surface area contributed by atoms with Crippen LogP contribution in [0.3, 0.4) is 0 Å². The van der Waals surface area contributed by atoms with Crippen molar-refractivity contribution >= 4 is 13.6 Å². The van der Waals surface area contributed by atoms with Crippen LogP contribution in [-0.2, 0) is 31.4 Å². The minimum absolute atomic E-state index is 0. The topological polar surface area (TPSA) is 43.4 Å². The van der Waals surface area contributed by atoms with Crippen molar-refractivity contribution in [3.05, 3.63) is 0 Å². The van der Waals surface area contributed by atoms with Gasteiger partial charge < -0.3 is 14.3 Å². The van der Waals surface area contributed by atoms with Crippen LogP contribution >= 0.6 is 0 Å². The molecule has 1 aliphatic rings. The summed E-state index contributed by atoms with van der Waals surface area (Å²) in [4.78, 5) is 16.0. The zero-order valence-corrected chi connectivity index (χ0v) is 7.03. The molecule has 3 nitrogen and oxygen atoms in total. The second-order valence-electron chi connectivity index (χ2n) is 1.32. The zero-order chi connectivity index (χ0) is 7.54. The summed E-state index contributed by atoms with van der Waals surface area (Å²) in [5.74, 6) is 0. The van der Waals surface area contributed by atoms with E-state index in [1.165, 1.54) is 12.8 Å². The Morgan fingerprint density at radius 2 is 1.20 bits per heavy atom. The first kappa shape index (κ1) is 16.4. The number of carbonyl (C=O) groups excluding carboxylic acids is 2. The van der Waals surface area contributed by atoms with E-state index in [1.807, 2.05) is 13.6 Å². The first-order chi connectivity index (χ1) is 4.50. The first-order valence-corrected chi connectivity index (χ1v) is 2.65. The molecule has 0 aromatic heterocycles. The monoisotopic (exact) mass is 187 g/mol. The maximum absolute atomic E-state index is 8.00. The Morgan fingerprint density at radius 3 is 1.30 bits per heavy atom. The molecule has 0 amide bonds. The molecule has 0 unspecified atom stereocenters. The third kappa shape index (κ3) is 15.7. The van der Waals surface area contributed by atoms with Gasteiger partial charge in [-0.3, -0.25) is 0 Å². The number of hydrogen-bond acceptors (Lipinski definition) is 3. The summed E-state index contributed by atoms with van der Waals surface area (Å²) in [6, 6.07) is 0. The SMILES string of the molecule is C1CCOC1.C=O.C=O.[Mn]. The fourth-order valence-corrected chi connectivity index (χ4v) is 0.510. The Labute approximate surface area is 71.6 Å². The summed E-state index contributed by atoms with van der Waals surface area (Å²) in [6.45, 7) is 6.00. The molecule has 1 aliphatic heterocycles. The predicted molar refractivity (Wildman–Crippen MR) is 34.3 cm³/mol. The van der Waals surface area contributed by atoms with Crippen molar-refractivity contribution in [2.24, 2.45) is 0 Å². The molecule has 0 aliphatic carbocycles. The van der Waals surface area contributed by atoms with Crippen LogP contribution in [0.15, 0.2) is 0 Å². The van der Waals surface area contributed by atoms with E-state index in [4.69, 9.17) is 14.3 Å². The van der Waals surface area contributed by atoms with Gasteiger partial charge in [-0.05, 0) is 12.8 Å². The van der Waals surface area contributed by atoms with Crippen LogP contribution in [0.5, 0.6) is 0 Å². The van der Waals surface area contributed by atoms with Gasteiger partial charge in [0, 0.05) is 30.3 Å². The van der Waals surface area contributed by atoms with E-state index in [2.05, 4.69) is 0 Å². The van der Waals surface area contributed by atoms with Crippen molar-refractivity contribution in [2.45, 2.75) is 12.8 Å². The summed E-state index contributed by atoms with van der Waals surface area (Å²) in [5.41, 5.74) is 0. The van der Waals surface area contributed by atoms with Crippen molar-refractivity contribution in [3.8, 4) is 0 Å². The van der Waals surface area contributed by atoms with Crippen molar-refractivity contribution in [1.29, 1.82) is 0 Å². The molecule has 0 atom stereocenters. The molecule has 10 heavy (non-hydrogen) atoms. The average Bonchev–Trinajstić information content (AvgIpc) is 2.51. The third-order valence-corrected chi connectivity index (χ3v) is 0.827. The molecule has 0 spiro atoms. The van der Waals surface area contributed by atoms with Gasteiger partial charge in [0.2, 0.25) is 0 Å². The smallest absolute Gasteiger partial charge is 0.106 e. The molecule has 1 radical (unpaired) electrons. The Morgan fingerprint density at radius 1 is 0.900 bits per heavy atom. The molecule has 1 fully saturated rings. The fraction of sp³-hybridized carbons (Fsp3) is 0.667. The zero-order valence-electron chi connectivity index (χ0n) is 5.85. The Balaban J connectivity index is -0.0000000875. The minimum Gasteiger partial charge on any atom is -0.381 e. The molecule has 0 saturated carbocycles. The number of rotatable bonds is 0. The number of carbonyl (C=O) groups is 2. The van der Waals surface area contributed by atoms with Gasteiger partial charge in [-0.15, -0.1) is 0 Å². The molecule has 0 N–H and O–H groups in total. The van der Waals surface area contributed by atoms with E-state index in [9.17, 15) is 0 Å². The fourth-order valence-electron chi connectivity index (χ4n) is 0.510. The third-order valence-electron chi connectivity index (χ3n) is 0.827. The number of ether oxygens (including phenoxy) is 1. The van der Waals surface area contributed by atoms with E-state index >= 15 is 0 Å². The van der Waals surface area contributed by atoms with Crippen LogP contribution in [0.25, 0.3) is 0 Å². The van der Waals surface area contributed by atoms with E-state index in [-0.39, 0.29) is 17.1 Å². The standard InChI is InChI=1S/C4H8O.2CH2O.Mn/c1-2-4-5-3-1;2*1-2;/h1-4H2;2*1H2;. The first-order valence-electron chi connectivity index (χ1n) is 2.65. The van der Waals surface area contributed by atoms with E-state index in [0.29, 0.717) is 0 Å². The van der Waals surface area contributed by atoms with Crippen molar-refractivity contribution in [2.75, 3.05) is 13.2 Å². The van der Waals surface area contributed by atoms with E-state index < -0.39 is 0 Å². The van der Waals surface area contributed by atoms with Crippen LogP contribution < -0.4 is 0 Å². The quantitative estimate of drug-likeness (QED) is 0.516. The molecule has 4 heteroatoms. The minimum atomic E-state index is 0. The summed E-state index contributed by atoms with van der Waals surface area (Å²) in [7, 11) is 0. The van der Waals surface area contributed by atoms with E-state index in [1.54, 1.807) is 0 Å². The Kier molecular flexibility index (Phi) is 38.1. The molecule has 1 rings (SSSR count). The maximum Gasteiger partial charge on any atom is 0.106 e. The average molecular weight is 187 g/mol. The van der Waals surface area contributed by atoms with Gasteiger partial charge in [0.25, 0.3) is 0 Å². The van der Waals surface area contributed by atoms with Crippen LogP contribution in [0.2, 0.25) is 0 Å². The Bertz CT molecular complexity index is 38.6. The molecule has 61 valence electrons. The van der Waals surface area contributed by atoms with Crippen LogP contribution in [0.4, 0.5) is 0 Å². The van der Waals surface area contributed by atoms with Gasteiger partial charge in [-0.1, -0.05) is 0 Å². The van der Waals surface area contributed by atoms with Gasteiger partial charge in [-0.2, -0.15) is 0 Å².